The highest BCUT2D eigenvalue weighted by Gasteiger charge is 2.24. The monoisotopic (exact) mass is 341 g/mol. The number of aliphatic hydroxyl groups excluding tert-OH is 1. The summed E-state index contributed by atoms with van der Waals surface area (Å²) in [5.74, 6) is 5.12. The number of nitrogens with zero attached hydrogens (tertiary/aromatic N) is 1. The van der Waals surface area contributed by atoms with E-state index < -0.39 is 0 Å². The van der Waals surface area contributed by atoms with E-state index in [9.17, 15) is 9.90 Å². The number of amides is 1. The van der Waals surface area contributed by atoms with E-state index in [0.29, 0.717) is 11.5 Å². The second-order valence-electron chi connectivity index (χ2n) is 5.35. The number of nitrogen functional groups attached to an aromatic ring is 1. The number of hydrazine groups is 1. The molecular weight excluding hydrogens is 322 g/mol. The van der Waals surface area contributed by atoms with E-state index in [-0.39, 0.29) is 12.0 Å². The molecule has 0 bridgehead atoms. The highest BCUT2D eigenvalue weighted by Crippen LogP contribution is 2.23. The van der Waals surface area contributed by atoms with Crippen molar-refractivity contribution in [1.82, 2.24) is 10.3 Å². The zero-order chi connectivity index (χ0) is 14.7. The molecule has 1 saturated heterocycles. The van der Waals surface area contributed by atoms with Crippen molar-refractivity contribution < 1.29 is 9.90 Å². The molecule has 2 rings (SSSR count). The van der Waals surface area contributed by atoms with Gasteiger partial charge in [0.25, 0.3) is 5.91 Å². The van der Waals surface area contributed by atoms with Crippen molar-refractivity contribution in [1.29, 1.82) is 0 Å². The lowest BCUT2D eigenvalue weighted by atomic mass is 9.96. The number of benzene rings is 1. The normalized spacial score (nSPS) is 23.6. The van der Waals surface area contributed by atoms with Gasteiger partial charge in [-0.3, -0.25) is 15.1 Å². The fourth-order valence-corrected chi connectivity index (χ4v) is 3.01. The quantitative estimate of drug-likeness (QED) is 0.439. The van der Waals surface area contributed by atoms with Gasteiger partial charge in [0.05, 0.1) is 6.10 Å². The van der Waals surface area contributed by atoms with Crippen LogP contribution in [0, 0.1) is 5.92 Å². The average Bonchev–Trinajstić information content (AvgIpc) is 2.44. The number of likely N-dealkylation sites (tertiary alicyclic amines) is 1. The number of piperidine rings is 1. The molecule has 0 radical (unpaired) electrons. The van der Waals surface area contributed by atoms with Crippen LogP contribution in [-0.4, -0.2) is 35.1 Å². The Kier molecular flexibility index (Phi) is 5.15. The molecule has 1 aliphatic rings. The summed E-state index contributed by atoms with van der Waals surface area (Å²) in [5, 5.41) is 9.75. The standard InChI is InChI=1S/C14H20BrN3O2/c1-9-7-18(5-4-13(9)19)8-11-3-2-10(6-12(11)15)14(20)17-16/h2-3,6,9,13,19H,4-5,7-8,16H2,1H3,(H,17,20). The van der Waals surface area contributed by atoms with Gasteiger partial charge in [-0.15, -0.1) is 0 Å². The van der Waals surface area contributed by atoms with Gasteiger partial charge in [-0.2, -0.15) is 0 Å². The first-order valence-electron chi connectivity index (χ1n) is 6.71. The Labute approximate surface area is 127 Å². The third-order valence-electron chi connectivity index (χ3n) is 3.78. The third kappa shape index (κ3) is 3.58. The summed E-state index contributed by atoms with van der Waals surface area (Å²) < 4.78 is 0.900. The number of hydrogen-bond donors (Lipinski definition) is 3. The number of hydrogen-bond acceptors (Lipinski definition) is 4. The maximum absolute atomic E-state index is 11.5. The van der Waals surface area contributed by atoms with Crippen LogP contribution in [0.5, 0.6) is 0 Å². The Hall–Kier alpha value is -0.950. The molecule has 2 unspecified atom stereocenters. The van der Waals surface area contributed by atoms with Crippen LogP contribution in [0.25, 0.3) is 0 Å². The molecule has 1 heterocycles. The maximum Gasteiger partial charge on any atom is 0.265 e. The van der Waals surface area contributed by atoms with E-state index in [4.69, 9.17) is 5.84 Å². The van der Waals surface area contributed by atoms with Crippen LogP contribution in [0.1, 0.15) is 29.3 Å². The summed E-state index contributed by atoms with van der Waals surface area (Å²) in [6.07, 6.45) is 0.622. The van der Waals surface area contributed by atoms with E-state index in [1.807, 2.05) is 6.07 Å². The summed E-state index contributed by atoms with van der Waals surface area (Å²) >= 11 is 3.50. The van der Waals surface area contributed by atoms with Crippen molar-refractivity contribution in [3.8, 4) is 0 Å². The molecule has 1 aromatic rings. The minimum Gasteiger partial charge on any atom is -0.393 e. The molecule has 4 N–H and O–H groups in total. The van der Waals surface area contributed by atoms with Crippen LogP contribution in [0.3, 0.4) is 0 Å². The van der Waals surface area contributed by atoms with E-state index in [1.165, 1.54) is 0 Å². The summed E-state index contributed by atoms with van der Waals surface area (Å²) in [6.45, 7) is 4.66. The minimum atomic E-state index is -0.299. The van der Waals surface area contributed by atoms with E-state index in [1.54, 1.807) is 12.1 Å². The van der Waals surface area contributed by atoms with Gasteiger partial charge < -0.3 is 5.11 Å². The van der Waals surface area contributed by atoms with Crippen molar-refractivity contribution in [2.45, 2.75) is 26.0 Å². The van der Waals surface area contributed by atoms with E-state index in [0.717, 1.165) is 36.1 Å². The summed E-state index contributed by atoms with van der Waals surface area (Å²) in [4.78, 5) is 13.8. The summed E-state index contributed by atoms with van der Waals surface area (Å²) in [5.41, 5.74) is 3.78. The Balaban J connectivity index is 2.05. The molecule has 0 aliphatic carbocycles. The van der Waals surface area contributed by atoms with Crippen molar-refractivity contribution in [3.63, 3.8) is 0 Å². The Morgan fingerprint density at radius 3 is 2.95 bits per heavy atom. The van der Waals surface area contributed by atoms with Crippen LogP contribution in [0.15, 0.2) is 22.7 Å². The lowest BCUT2D eigenvalue weighted by molar-refractivity contribution is 0.0319. The van der Waals surface area contributed by atoms with Gasteiger partial charge in [0.15, 0.2) is 0 Å². The minimum absolute atomic E-state index is 0.190. The topological polar surface area (TPSA) is 78.6 Å². The summed E-state index contributed by atoms with van der Waals surface area (Å²) in [7, 11) is 0. The number of aliphatic hydroxyl groups is 1. The second kappa shape index (κ2) is 6.67. The number of nitrogens with one attached hydrogen (secondary N) is 1. The number of carbonyl (C=O) groups is 1. The lowest BCUT2D eigenvalue weighted by Crippen LogP contribution is -2.41. The van der Waals surface area contributed by atoms with Crippen LogP contribution < -0.4 is 11.3 Å². The molecule has 110 valence electrons. The van der Waals surface area contributed by atoms with Gasteiger partial charge in [-0.1, -0.05) is 28.9 Å². The van der Waals surface area contributed by atoms with Gasteiger partial charge in [0.2, 0.25) is 0 Å². The SMILES string of the molecule is CC1CN(Cc2ccc(C(=O)NN)cc2Br)CCC1O. The largest absolute Gasteiger partial charge is 0.393 e. The Morgan fingerprint density at radius 1 is 1.60 bits per heavy atom. The predicted octanol–water partition coefficient (Wildman–Crippen LogP) is 1.26. The smallest absolute Gasteiger partial charge is 0.265 e. The van der Waals surface area contributed by atoms with Crippen LogP contribution in [-0.2, 0) is 6.54 Å². The van der Waals surface area contributed by atoms with Gasteiger partial charge >= 0.3 is 0 Å². The highest BCUT2D eigenvalue weighted by atomic mass is 79.9. The molecule has 2 atom stereocenters. The maximum atomic E-state index is 11.5. The molecule has 20 heavy (non-hydrogen) atoms. The third-order valence-corrected chi connectivity index (χ3v) is 4.52. The fourth-order valence-electron chi connectivity index (χ4n) is 2.50. The first kappa shape index (κ1) is 15.4. The molecule has 0 aromatic heterocycles. The molecule has 5 nitrogen and oxygen atoms in total. The van der Waals surface area contributed by atoms with Crippen molar-refractivity contribution >= 4 is 21.8 Å². The van der Waals surface area contributed by atoms with Gasteiger partial charge in [-0.25, -0.2) is 5.84 Å². The van der Waals surface area contributed by atoms with Crippen molar-refractivity contribution in [3.05, 3.63) is 33.8 Å². The zero-order valence-electron chi connectivity index (χ0n) is 11.5. The fraction of sp³-hybridized carbons (Fsp3) is 0.500. The van der Waals surface area contributed by atoms with Crippen molar-refractivity contribution in [2.24, 2.45) is 11.8 Å². The van der Waals surface area contributed by atoms with Crippen molar-refractivity contribution in [2.75, 3.05) is 13.1 Å². The molecule has 1 aliphatic heterocycles. The van der Waals surface area contributed by atoms with E-state index >= 15 is 0 Å². The molecule has 0 spiro atoms. The zero-order valence-corrected chi connectivity index (χ0v) is 13.1. The molecule has 1 amide bonds. The first-order chi connectivity index (χ1) is 9.51. The number of halogens is 1. The average molecular weight is 342 g/mol. The van der Waals surface area contributed by atoms with Gasteiger partial charge in [-0.05, 0) is 30.0 Å². The predicted molar refractivity (Wildman–Crippen MR) is 80.9 cm³/mol. The number of nitrogens with two attached hydrogens (primary N) is 1. The lowest BCUT2D eigenvalue weighted by Gasteiger charge is -2.34. The first-order valence-corrected chi connectivity index (χ1v) is 7.50. The van der Waals surface area contributed by atoms with Crippen LogP contribution in [0.4, 0.5) is 0 Å². The Morgan fingerprint density at radius 2 is 2.35 bits per heavy atom. The molecule has 1 aromatic carbocycles. The highest BCUT2D eigenvalue weighted by molar-refractivity contribution is 9.10. The summed E-state index contributed by atoms with van der Waals surface area (Å²) in [6, 6.07) is 5.48. The van der Waals surface area contributed by atoms with E-state index in [2.05, 4.69) is 33.2 Å². The Bertz CT molecular complexity index is 495. The second-order valence-corrected chi connectivity index (χ2v) is 6.20. The molecular formula is C14H20BrN3O2. The van der Waals surface area contributed by atoms with Crippen LogP contribution in [0.2, 0.25) is 0 Å². The van der Waals surface area contributed by atoms with Crippen LogP contribution >= 0.6 is 15.9 Å². The molecule has 1 fully saturated rings. The van der Waals surface area contributed by atoms with Gasteiger partial charge in [0, 0.05) is 29.7 Å². The van der Waals surface area contributed by atoms with Gasteiger partial charge in [0.1, 0.15) is 0 Å². The molecule has 6 heteroatoms. The number of carbonyl (C=O) groups excluding carboxylic acids is 1. The number of rotatable bonds is 3. The molecule has 0 saturated carbocycles.